The first-order chi connectivity index (χ1) is 10.7. The maximum absolute atomic E-state index is 12.3. The van der Waals surface area contributed by atoms with E-state index in [0.29, 0.717) is 6.04 Å². The second-order valence-electron chi connectivity index (χ2n) is 6.39. The molecule has 3 nitrogen and oxygen atoms in total. The van der Waals surface area contributed by atoms with Gasteiger partial charge in [-0.2, -0.15) is 0 Å². The van der Waals surface area contributed by atoms with Gasteiger partial charge in [0.05, 0.1) is 0 Å². The Labute approximate surface area is 135 Å². The number of nitrogens with one attached hydrogen (secondary N) is 1. The summed E-state index contributed by atoms with van der Waals surface area (Å²) in [6.07, 6.45) is 6.87. The minimum Gasteiger partial charge on any atom is -0.349 e. The SMILES string of the molecule is CCCCc1ccc(C(=O)NC2CCN(CCC)CC2)cc1. The zero-order valence-corrected chi connectivity index (χ0v) is 14.1. The van der Waals surface area contributed by atoms with Crippen molar-refractivity contribution in [3.8, 4) is 0 Å². The van der Waals surface area contributed by atoms with Gasteiger partial charge in [0, 0.05) is 24.7 Å². The van der Waals surface area contributed by atoms with Crippen LogP contribution in [0.25, 0.3) is 0 Å². The average Bonchev–Trinajstić information content (AvgIpc) is 2.55. The van der Waals surface area contributed by atoms with Gasteiger partial charge in [-0.15, -0.1) is 0 Å². The van der Waals surface area contributed by atoms with E-state index in [1.54, 1.807) is 0 Å². The second-order valence-corrected chi connectivity index (χ2v) is 6.39. The van der Waals surface area contributed by atoms with Gasteiger partial charge in [-0.3, -0.25) is 4.79 Å². The molecule has 2 rings (SSSR count). The van der Waals surface area contributed by atoms with E-state index in [0.717, 1.165) is 37.9 Å². The molecule has 1 aromatic carbocycles. The van der Waals surface area contributed by atoms with Crippen molar-refractivity contribution < 1.29 is 4.79 Å². The van der Waals surface area contributed by atoms with Crippen LogP contribution in [0.1, 0.15) is 61.9 Å². The lowest BCUT2D eigenvalue weighted by atomic mass is 10.0. The van der Waals surface area contributed by atoms with E-state index in [2.05, 4.69) is 36.2 Å². The molecule has 3 heteroatoms. The predicted molar refractivity (Wildman–Crippen MR) is 92.3 cm³/mol. The van der Waals surface area contributed by atoms with Gasteiger partial charge in [-0.25, -0.2) is 0 Å². The highest BCUT2D eigenvalue weighted by atomic mass is 16.1. The van der Waals surface area contributed by atoms with E-state index in [1.165, 1.54) is 31.4 Å². The standard InChI is InChI=1S/C19H30N2O/c1-3-5-6-16-7-9-17(10-8-16)19(22)20-18-11-14-21(13-4-2)15-12-18/h7-10,18H,3-6,11-15H2,1-2H3,(H,20,22). The lowest BCUT2D eigenvalue weighted by Crippen LogP contribution is -2.44. The van der Waals surface area contributed by atoms with Crippen molar-refractivity contribution in [1.82, 2.24) is 10.2 Å². The fourth-order valence-corrected chi connectivity index (χ4v) is 3.09. The number of benzene rings is 1. The van der Waals surface area contributed by atoms with E-state index in [-0.39, 0.29) is 5.91 Å². The third kappa shape index (κ3) is 5.13. The van der Waals surface area contributed by atoms with Crippen LogP contribution in [0.4, 0.5) is 0 Å². The number of amides is 1. The number of nitrogens with zero attached hydrogens (tertiary/aromatic N) is 1. The quantitative estimate of drug-likeness (QED) is 0.834. The summed E-state index contributed by atoms with van der Waals surface area (Å²) in [6.45, 7) is 7.81. The molecular weight excluding hydrogens is 272 g/mol. The Kier molecular flexibility index (Phi) is 6.91. The highest BCUT2D eigenvalue weighted by molar-refractivity contribution is 5.94. The van der Waals surface area contributed by atoms with Gasteiger partial charge in [-0.1, -0.05) is 32.4 Å². The molecule has 0 unspecified atom stereocenters. The summed E-state index contributed by atoms with van der Waals surface area (Å²) >= 11 is 0. The van der Waals surface area contributed by atoms with Crippen molar-refractivity contribution in [3.05, 3.63) is 35.4 Å². The van der Waals surface area contributed by atoms with Crippen molar-refractivity contribution in [1.29, 1.82) is 0 Å². The Morgan fingerprint density at radius 3 is 2.41 bits per heavy atom. The van der Waals surface area contributed by atoms with Gasteiger partial charge in [0.1, 0.15) is 0 Å². The molecule has 0 bridgehead atoms. The molecule has 0 aromatic heterocycles. The van der Waals surface area contributed by atoms with Crippen molar-refractivity contribution in [2.75, 3.05) is 19.6 Å². The third-order valence-corrected chi connectivity index (χ3v) is 4.50. The van der Waals surface area contributed by atoms with Crippen molar-refractivity contribution >= 4 is 5.91 Å². The molecule has 1 aromatic rings. The summed E-state index contributed by atoms with van der Waals surface area (Å²) in [4.78, 5) is 14.8. The van der Waals surface area contributed by atoms with Crippen molar-refractivity contribution in [2.24, 2.45) is 0 Å². The largest absolute Gasteiger partial charge is 0.349 e. The summed E-state index contributed by atoms with van der Waals surface area (Å²) < 4.78 is 0. The van der Waals surface area contributed by atoms with Crippen LogP contribution in [0.2, 0.25) is 0 Å². The molecule has 1 heterocycles. The first-order valence-corrected chi connectivity index (χ1v) is 8.85. The molecule has 122 valence electrons. The number of hydrogen-bond acceptors (Lipinski definition) is 2. The molecule has 0 spiro atoms. The maximum Gasteiger partial charge on any atom is 0.251 e. The van der Waals surface area contributed by atoms with E-state index in [4.69, 9.17) is 0 Å². The third-order valence-electron chi connectivity index (χ3n) is 4.50. The molecule has 0 aliphatic carbocycles. The molecule has 1 saturated heterocycles. The molecule has 0 atom stereocenters. The number of likely N-dealkylation sites (tertiary alicyclic amines) is 1. The molecule has 1 fully saturated rings. The van der Waals surface area contributed by atoms with Gasteiger partial charge in [0.2, 0.25) is 0 Å². The molecule has 0 saturated carbocycles. The molecule has 22 heavy (non-hydrogen) atoms. The summed E-state index contributed by atoms with van der Waals surface area (Å²) in [7, 11) is 0. The van der Waals surface area contributed by atoms with Crippen LogP contribution in [-0.2, 0) is 6.42 Å². The Balaban J connectivity index is 1.80. The zero-order chi connectivity index (χ0) is 15.8. The van der Waals surface area contributed by atoms with Crippen LogP contribution >= 0.6 is 0 Å². The summed E-state index contributed by atoms with van der Waals surface area (Å²) in [6, 6.07) is 8.45. The van der Waals surface area contributed by atoms with Gasteiger partial charge in [-0.05, 0) is 56.3 Å². The lowest BCUT2D eigenvalue weighted by molar-refractivity contribution is 0.0911. The van der Waals surface area contributed by atoms with Gasteiger partial charge in [0.25, 0.3) is 5.91 Å². The van der Waals surface area contributed by atoms with Gasteiger partial charge >= 0.3 is 0 Å². The van der Waals surface area contributed by atoms with Crippen molar-refractivity contribution in [3.63, 3.8) is 0 Å². The first kappa shape index (κ1) is 17.0. The predicted octanol–water partition coefficient (Wildman–Crippen LogP) is 3.63. The maximum atomic E-state index is 12.3. The number of unbranched alkanes of at least 4 members (excludes halogenated alkanes) is 1. The number of carbonyl (C=O) groups excluding carboxylic acids is 1. The van der Waals surface area contributed by atoms with Crippen LogP contribution in [0, 0.1) is 0 Å². The normalized spacial score (nSPS) is 16.6. The number of rotatable bonds is 7. The minimum absolute atomic E-state index is 0.0796. The van der Waals surface area contributed by atoms with Crippen LogP contribution in [0.15, 0.2) is 24.3 Å². The molecular formula is C19H30N2O. The number of hydrogen-bond donors (Lipinski definition) is 1. The lowest BCUT2D eigenvalue weighted by Gasteiger charge is -2.32. The van der Waals surface area contributed by atoms with Gasteiger partial charge < -0.3 is 10.2 Å². The highest BCUT2D eigenvalue weighted by Gasteiger charge is 2.20. The Morgan fingerprint density at radius 1 is 1.14 bits per heavy atom. The van der Waals surface area contributed by atoms with E-state index < -0.39 is 0 Å². The van der Waals surface area contributed by atoms with E-state index in [1.807, 2.05) is 12.1 Å². The topological polar surface area (TPSA) is 32.3 Å². The monoisotopic (exact) mass is 302 g/mol. The first-order valence-electron chi connectivity index (χ1n) is 8.85. The van der Waals surface area contributed by atoms with Crippen LogP contribution < -0.4 is 5.32 Å². The van der Waals surface area contributed by atoms with Crippen LogP contribution in [0.5, 0.6) is 0 Å². The molecule has 1 amide bonds. The second kappa shape index (κ2) is 8.94. The molecule has 0 radical (unpaired) electrons. The van der Waals surface area contributed by atoms with Gasteiger partial charge in [0.15, 0.2) is 0 Å². The Hall–Kier alpha value is -1.35. The molecule has 1 N–H and O–H groups in total. The smallest absolute Gasteiger partial charge is 0.251 e. The summed E-state index contributed by atoms with van der Waals surface area (Å²) in [5.41, 5.74) is 2.11. The van der Waals surface area contributed by atoms with E-state index in [9.17, 15) is 4.79 Å². The number of aryl methyl sites for hydroxylation is 1. The fourth-order valence-electron chi connectivity index (χ4n) is 3.09. The molecule has 1 aliphatic rings. The number of carbonyl (C=O) groups is 1. The fraction of sp³-hybridized carbons (Fsp3) is 0.632. The van der Waals surface area contributed by atoms with Crippen molar-refractivity contribution in [2.45, 2.75) is 58.4 Å². The minimum atomic E-state index is 0.0796. The summed E-state index contributed by atoms with van der Waals surface area (Å²) in [5, 5.41) is 3.19. The zero-order valence-electron chi connectivity index (χ0n) is 14.1. The highest BCUT2D eigenvalue weighted by Crippen LogP contribution is 2.12. The molecule has 1 aliphatic heterocycles. The van der Waals surface area contributed by atoms with Crippen LogP contribution in [-0.4, -0.2) is 36.5 Å². The van der Waals surface area contributed by atoms with Crippen LogP contribution in [0.3, 0.4) is 0 Å². The average molecular weight is 302 g/mol. The Bertz CT molecular complexity index is 447. The Morgan fingerprint density at radius 2 is 1.82 bits per heavy atom. The van der Waals surface area contributed by atoms with E-state index >= 15 is 0 Å². The number of piperidine rings is 1. The summed E-state index contributed by atoms with van der Waals surface area (Å²) in [5.74, 6) is 0.0796.